The largest absolute Gasteiger partial charge is 0.494 e. The summed E-state index contributed by atoms with van der Waals surface area (Å²) in [6.07, 6.45) is -1.22. The number of aldehydes is 1. The molecule has 0 aliphatic rings. The number of alkyl halides is 2. The number of carbonyl (C=O) groups excluding carboxylic acids is 1. The number of aryl methyl sites for hydroxylation is 1. The third-order valence-corrected chi connectivity index (χ3v) is 2.19. The van der Waals surface area contributed by atoms with Crippen LogP contribution in [0.25, 0.3) is 0 Å². The molecule has 0 aliphatic heterocycles. The molecule has 88 valence electrons. The van der Waals surface area contributed by atoms with Crippen molar-refractivity contribution in [1.29, 1.82) is 0 Å². The van der Waals surface area contributed by atoms with Crippen LogP contribution in [0.15, 0.2) is 18.2 Å². The predicted octanol–water partition coefficient (Wildman–Crippen LogP) is 3.15. The summed E-state index contributed by atoms with van der Waals surface area (Å²) in [4.78, 5) is 10.3. The third kappa shape index (κ3) is 3.29. The van der Waals surface area contributed by atoms with Gasteiger partial charge in [-0.2, -0.15) is 0 Å². The molecule has 0 fully saturated rings. The summed E-state index contributed by atoms with van der Waals surface area (Å²) >= 11 is 0. The quantitative estimate of drug-likeness (QED) is 0.699. The lowest BCUT2D eigenvalue weighted by molar-refractivity contribution is -0.107. The van der Waals surface area contributed by atoms with E-state index >= 15 is 0 Å². The maximum absolute atomic E-state index is 12.6. The normalized spacial score (nSPS) is 10.5. The van der Waals surface area contributed by atoms with Crippen molar-refractivity contribution in [1.82, 2.24) is 0 Å². The fourth-order valence-electron chi connectivity index (χ4n) is 1.48. The zero-order chi connectivity index (χ0) is 12.0. The van der Waals surface area contributed by atoms with Gasteiger partial charge in [-0.05, 0) is 37.1 Å². The summed E-state index contributed by atoms with van der Waals surface area (Å²) < 4.78 is 30.5. The van der Waals surface area contributed by atoms with Gasteiger partial charge >= 0.3 is 0 Å². The van der Waals surface area contributed by atoms with Crippen molar-refractivity contribution in [3.8, 4) is 5.75 Å². The van der Waals surface area contributed by atoms with Crippen LogP contribution in [0.3, 0.4) is 0 Å². The van der Waals surface area contributed by atoms with Crippen molar-refractivity contribution in [3.05, 3.63) is 29.3 Å². The monoisotopic (exact) mass is 228 g/mol. The summed E-state index contributed by atoms with van der Waals surface area (Å²) in [5, 5.41) is 0. The van der Waals surface area contributed by atoms with Gasteiger partial charge in [0.25, 0.3) is 6.43 Å². The van der Waals surface area contributed by atoms with Crippen molar-refractivity contribution in [2.75, 3.05) is 6.61 Å². The second-order valence-corrected chi connectivity index (χ2v) is 3.30. The van der Waals surface area contributed by atoms with Gasteiger partial charge in [-0.3, -0.25) is 0 Å². The molecule has 0 radical (unpaired) electrons. The maximum Gasteiger partial charge on any atom is 0.264 e. The highest BCUT2D eigenvalue weighted by molar-refractivity contribution is 5.51. The number of halogens is 2. The first-order chi connectivity index (χ1) is 7.69. The lowest BCUT2D eigenvalue weighted by Crippen LogP contribution is -1.98. The number of ether oxygens (including phenoxy) is 1. The van der Waals surface area contributed by atoms with Gasteiger partial charge in [-0.1, -0.05) is 0 Å². The Balaban J connectivity index is 2.95. The van der Waals surface area contributed by atoms with Gasteiger partial charge in [0, 0.05) is 12.0 Å². The average molecular weight is 228 g/mol. The Morgan fingerprint density at radius 3 is 2.75 bits per heavy atom. The first-order valence-electron chi connectivity index (χ1n) is 5.16. The Morgan fingerprint density at radius 1 is 1.44 bits per heavy atom. The Labute approximate surface area is 93.2 Å². The lowest BCUT2D eigenvalue weighted by atomic mass is 10.0. The predicted molar refractivity (Wildman–Crippen MR) is 57.0 cm³/mol. The third-order valence-electron chi connectivity index (χ3n) is 2.19. The van der Waals surface area contributed by atoms with Gasteiger partial charge in [-0.15, -0.1) is 0 Å². The maximum atomic E-state index is 12.6. The van der Waals surface area contributed by atoms with Crippen LogP contribution in [-0.2, 0) is 11.2 Å². The van der Waals surface area contributed by atoms with Gasteiger partial charge in [-0.25, -0.2) is 8.78 Å². The van der Waals surface area contributed by atoms with Crippen LogP contribution >= 0.6 is 0 Å². The smallest absolute Gasteiger partial charge is 0.264 e. The molecular weight excluding hydrogens is 214 g/mol. The molecule has 1 rings (SSSR count). The van der Waals surface area contributed by atoms with Crippen LogP contribution in [0, 0.1) is 0 Å². The summed E-state index contributed by atoms with van der Waals surface area (Å²) in [6, 6.07) is 4.46. The van der Waals surface area contributed by atoms with E-state index in [-0.39, 0.29) is 12.0 Å². The van der Waals surface area contributed by atoms with Crippen LogP contribution in [0.2, 0.25) is 0 Å². The van der Waals surface area contributed by atoms with Crippen LogP contribution < -0.4 is 4.74 Å². The van der Waals surface area contributed by atoms with Crippen LogP contribution in [0.1, 0.15) is 30.9 Å². The summed E-state index contributed by atoms with van der Waals surface area (Å²) in [6.45, 7) is 2.31. The van der Waals surface area contributed by atoms with Crippen molar-refractivity contribution in [3.63, 3.8) is 0 Å². The molecule has 1 aromatic rings. The van der Waals surface area contributed by atoms with E-state index in [1.807, 2.05) is 6.92 Å². The Bertz CT molecular complexity index is 351. The molecule has 0 saturated carbocycles. The Kier molecular flexibility index (Phi) is 4.89. The van der Waals surface area contributed by atoms with Crippen molar-refractivity contribution >= 4 is 6.29 Å². The zero-order valence-electron chi connectivity index (χ0n) is 9.08. The first kappa shape index (κ1) is 12.6. The van der Waals surface area contributed by atoms with E-state index in [4.69, 9.17) is 4.74 Å². The SMILES string of the molecule is CCOc1ccc(C(F)F)c(CCC=O)c1. The van der Waals surface area contributed by atoms with Gasteiger partial charge in [0.1, 0.15) is 12.0 Å². The molecule has 0 spiro atoms. The summed E-state index contributed by atoms with van der Waals surface area (Å²) in [5.41, 5.74) is 0.457. The molecule has 0 aliphatic carbocycles. The zero-order valence-corrected chi connectivity index (χ0v) is 9.08. The number of hydrogen-bond acceptors (Lipinski definition) is 2. The van der Waals surface area contributed by atoms with Crippen molar-refractivity contribution < 1.29 is 18.3 Å². The molecular formula is C12H14F2O2. The molecule has 16 heavy (non-hydrogen) atoms. The molecule has 0 saturated heterocycles. The lowest BCUT2D eigenvalue weighted by Gasteiger charge is -2.10. The molecule has 0 unspecified atom stereocenters. The van der Waals surface area contributed by atoms with E-state index in [0.717, 1.165) is 6.29 Å². The van der Waals surface area contributed by atoms with Crippen LogP contribution in [0.5, 0.6) is 5.75 Å². The molecule has 4 heteroatoms. The minimum Gasteiger partial charge on any atom is -0.494 e. The first-order valence-corrected chi connectivity index (χ1v) is 5.16. The van der Waals surface area contributed by atoms with Gasteiger partial charge < -0.3 is 9.53 Å². The van der Waals surface area contributed by atoms with Gasteiger partial charge in [0.2, 0.25) is 0 Å². The number of rotatable bonds is 6. The van der Waals surface area contributed by atoms with Crippen molar-refractivity contribution in [2.45, 2.75) is 26.2 Å². The Morgan fingerprint density at radius 2 is 2.19 bits per heavy atom. The summed E-state index contributed by atoms with van der Waals surface area (Å²) in [7, 11) is 0. The fraction of sp³-hybridized carbons (Fsp3) is 0.417. The molecule has 0 N–H and O–H groups in total. The minimum atomic E-state index is -2.52. The molecule has 0 amide bonds. The molecule has 0 bridgehead atoms. The number of carbonyl (C=O) groups is 1. The second-order valence-electron chi connectivity index (χ2n) is 3.30. The molecule has 2 nitrogen and oxygen atoms in total. The van der Waals surface area contributed by atoms with Crippen LogP contribution in [-0.4, -0.2) is 12.9 Å². The van der Waals surface area contributed by atoms with Gasteiger partial charge in [0.15, 0.2) is 0 Å². The van der Waals surface area contributed by atoms with E-state index in [2.05, 4.69) is 0 Å². The highest BCUT2D eigenvalue weighted by atomic mass is 19.3. The summed E-state index contributed by atoms with van der Waals surface area (Å²) in [5.74, 6) is 0.563. The van der Waals surface area contributed by atoms with E-state index in [1.165, 1.54) is 12.1 Å². The van der Waals surface area contributed by atoms with E-state index in [9.17, 15) is 13.6 Å². The average Bonchev–Trinajstić information content (AvgIpc) is 2.26. The van der Waals surface area contributed by atoms with E-state index in [0.29, 0.717) is 24.3 Å². The highest BCUT2D eigenvalue weighted by Crippen LogP contribution is 2.27. The van der Waals surface area contributed by atoms with E-state index < -0.39 is 6.43 Å². The molecule has 0 heterocycles. The minimum absolute atomic E-state index is 0.0229. The topological polar surface area (TPSA) is 26.3 Å². The standard InChI is InChI=1S/C12H14F2O2/c1-2-16-10-5-6-11(12(13)14)9(8-10)4-3-7-15/h5-8,12H,2-4H2,1H3. The second kappa shape index (κ2) is 6.20. The number of hydrogen-bond donors (Lipinski definition) is 0. The van der Waals surface area contributed by atoms with Crippen LogP contribution in [0.4, 0.5) is 8.78 Å². The highest BCUT2D eigenvalue weighted by Gasteiger charge is 2.13. The molecule has 0 aromatic heterocycles. The van der Waals surface area contributed by atoms with E-state index in [1.54, 1.807) is 6.07 Å². The van der Waals surface area contributed by atoms with Gasteiger partial charge in [0.05, 0.1) is 6.61 Å². The molecule has 0 atom stereocenters. The fourth-order valence-corrected chi connectivity index (χ4v) is 1.48. The Hall–Kier alpha value is -1.45. The molecule has 1 aromatic carbocycles. The number of benzene rings is 1. The van der Waals surface area contributed by atoms with Crippen molar-refractivity contribution in [2.24, 2.45) is 0 Å².